The van der Waals surface area contributed by atoms with Gasteiger partial charge in [-0.05, 0) is 36.3 Å². The molecule has 0 saturated heterocycles. The number of rotatable bonds is 23. The van der Waals surface area contributed by atoms with E-state index in [1.807, 2.05) is 12.5 Å². The third-order valence-electron chi connectivity index (χ3n) is 8.11. The van der Waals surface area contributed by atoms with Gasteiger partial charge in [0.25, 0.3) is 0 Å². The zero-order chi connectivity index (χ0) is 25.7. The first-order valence-electron chi connectivity index (χ1n) is 15.9. The number of hydrogen-bond donors (Lipinski definition) is 0. The van der Waals surface area contributed by atoms with Crippen molar-refractivity contribution in [2.45, 2.75) is 161 Å². The minimum Gasteiger partial charge on any atom is -0.330 e. The van der Waals surface area contributed by atoms with Gasteiger partial charge < -0.3 is 4.57 Å². The molecule has 1 unspecified atom stereocenters. The number of imidazole rings is 1. The Bertz CT molecular complexity index is 735. The third-order valence-corrected chi connectivity index (χ3v) is 8.11. The lowest BCUT2D eigenvalue weighted by Crippen LogP contribution is -2.12. The number of benzene rings is 1. The Morgan fingerprint density at radius 2 is 1.14 bits per heavy atom. The van der Waals surface area contributed by atoms with Crippen molar-refractivity contribution in [2.24, 2.45) is 0 Å². The highest BCUT2D eigenvalue weighted by Gasteiger charge is 2.20. The van der Waals surface area contributed by atoms with E-state index in [2.05, 4.69) is 60.8 Å². The second-order valence-corrected chi connectivity index (χ2v) is 11.1. The molecule has 1 heterocycles. The molecule has 0 fully saturated rings. The van der Waals surface area contributed by atoms with E-state index in [0.29, 0.717) is 12.0 Å². The predicted octanol–water partition coefficient (Wildman–Crippen LogP) is 11.4. The Morgan fingerprint density at radius 3 is 1.61 bits per heavy atom. The summed E-state index contributed by atoms with van der Waals surface area (Å²) in [6.45, 7) is 6.94. The third kappa shape index (κ3) is 12.1. The molecule has 2 heteroatoms. The van der Waals surface area contributed by atoms with E-state index in [4.69, 9.17) is 0 Å². The quantitative estimate of drug-likeness (QED) is 0.140. The average molecular weight is 495 g/mol. The summed E-state index contributed by atoms with van der Waals surface area (Å²) in [4.78, 5) is 4.31. The van der Waals surface area contributed by atoms with Gasteiger partial charge in [-0.15, -0.1) is 0 Å². The highest BCUT2D eigenvalue weighted by Crippen LogP contribution is 2.35. The Kier molecular flexibility index (Phi) is 17.4. The van der Waals surface area contributed by atoms with Crippen LogP contribution in [-0.2, 0) is 0 Å². The van der Waals surface area contributed by atoms with E-state index in [-0.39, 0.29) is 0 Å². The van der Waals surface area contributed by atoms with E-state index >= 15 is 0 Å². The Morgan fingerprint density at radius 1 is 0.611 bits per heavy atom. The van der Waals surface area contributed by atoms with Gasteiger partial charge >= 0.3 is 0 Å². The van der Waals surface area contributed by atoms with Crippen LogP contribution in [0.5, 0.6) is 0 Å². The van der Waals surface area contributed by atoms with E-state index in [0.717, 1.165) is 6.42 Å². The standard InChI is InChI=1S/C34H58N2/c1-4-7-8-9-10-11-12-13-14-15-16-17-18-19-20-21-25-31(24-5-2)32-26-22-23-27-33(32)34(6-3)36-29-28-35-30-36/h22-23,26-31,34H,4-21,24-25H2,1-3H3/t31-,34?/m0/s1. The molecule has 0 amide bonds. The van der Waals surface area contributed by atoms with Crippen molar-refractivity contribution in [2.75, 3.05) is 0 Å². The van der Waals surface area contributed by atoms with Gasteiger partial charge in [-0.25, -0.2) is 4.98 Å². The molecule has 0 saturated carbocycles. The Balaban J connectivity index is 1.61. The number of nitrogens with zero attached hydrogens (tertiary/aromatic N) is 2. The molecule has 0 aliphatic heterocycles. The van der Waals surface area contributed by atoms with Gasteiger partial charge in [0.1, 0.15) is 0 Å². The van der Waals surface area contributed by atoms with Gasteiger partial charge in [0.2, 0.25) is 0 Å². The van der Waals surface area contributed by atoms with Gasteiger partial charge in [-0.3, -0.25) is 0 Å². The van der Waals surface area contributed by atoms with E-state index in [1.54, 1.807) is 5.56 Å². The highest BCUT2D eigenvalue weighted by molar-refractivity contribution is 5.33. The van der Waals surface area contributed by atoms with Crippen molar-refractivity contribution < 1.29 is 0 Å². The monoisotopic (exact) mass is 494 g/mol. The largest absolute Gasteiger partial charge is 0.330 e. The lowest BCUT2D eigenvalue weighted by molar-refractivity contribution is 0.491. The molecule has 2 rings (SSSR count). The van der Waals surface area contributed by atoms with Crippen LogP contribution in [-0.4, -0.2) is 9.55 Å². The van der Waals surface area contributed by atoms with Crippen LogP contribution < -0.4 is 0 Å². The van der Waals surface area contributed by atoms with Crippen molar-refractivity contribution in [3.8, 4) is 0 Å². The van der Waals surface area contributed by atoms with Gasteiger partial charge in [0.15, 0.2) is 0 Å². The number of aromatic nitrogens is 2. The van der Waals surface area contributed by atoms with Gasteiger partial charge in [0, 0.05) is 12.4 Å². The lowest BCUT2D eigenvalue weighted by atomic mass is 9.84. The summed E-state index contributed by atoms with van der Waals surface area (Å²) in [6.07, 6.45) is 34.0. The molecule has 2 atom stereocenters. The average Bonchev–Trinajstić information content (AvgIpc) is 3.43. The first kappa shape index (κ1) is 30.7. The van der Waals surface area contributed by atoms with Crippen LogP contribution in [0.25, 0.3) is 0 Å². The van der Waals surface area contributed by atoms with Crippen molar-refractivity contribution in [1.82, 2.24) is 9.55 Å². The van der Waals surface area contributed by atoms with E-state index < -0.39 is 0 Å². The SMILES string of the molecule is CCCCCCCCCCCCCCCCCC[C@H](CCC)c1ccccc1C(CC)n1ccnc1. The molecular weight excluding hydrogens is 436 g/mol. The molecule has 2 aromatic rings. The van der Waals surface area contributed by atoms with Gasteiger partial charge in [-0.2, -0.15) is 0 Å². The van der Waals surface area contributed by atoms with Crippen LogP contribution in [0.4, 0.5) is 0 Å². The predicted molar refractivity (Wildman–Crippen MR) is 159 cm³/mol. The summed E-state index contributed by atoms with van der Waals surface area (Å²) in [5, 5.41) is 0. The van der Waals surface area contributed by atoms with Crippen molar-refractivity contribution in [3.63, 3.8) is 0 Å². The van der Waals surface area contributed by atoms with Crippen molar-refractivity contribution >= 4 is 0 Å². The van der Waals surface area contributed by atoms with Crippen molar-refractivity contribution in [3.05, 3.63) is 54.1 Å². The molecule has 204 valence electrons. The van der Waals surface area contributed by atoms with Crippen LogP contribution >= 0.6 is 0 Å². The molecule has 36 heavy (non-hydrogen) atoms. The van der Waals surface area contributed by atoms with Gasteiger partial charge in [0.05, 0.1) is 12.4 Å². The molecule has 0 radical (unpaired) electrons. The maximum absolute atomic E-state index is 4.31. The summed E-state index contributed by atoms with van der Waals surface area (Å²) < 4.78 is 2.29. The molecule has 0 aliphatic carbocycles. The first-order valence-corrected chi connectivity index (χ1v) is 15.9. The summed E-state index contributed by atoms with van der Waals surface area (Å²) in [6, 6.07) is 9.63. The molecule has 1 aromatic heterocycles. The zero-order valence-corrected chi connectivity index (χ0v) is 24.2. The van der Waals surface area contributed by atoms with Crippen LogP contribution in [0, 0.1) is 0 Å². The fourth-order valence-corrected chi connectivity index (χ4v) is 5.97. The van der Waals surface area contributed by atoms with Crippen LogP contribution in [0.3, 0.4) is 0 Å². The van der Waals surface area contributed by atoms with E-state index in [9.17, 15) is 0 Å². The summed E-state index contributed by atoms with van der Waals surface area (Å²) in [5.74, 6) is 0.690. The summed E-state index contributed by atoms with van der Waals surface area (Å²) >= 11 is 0. The van der Waals surface area contributed by atoms with E-state index in [1.165, 1.54) is 128 Å². The van der Waals surface area contributed by atoms with Crippen LogP contribution in [0.15, 0.2) is 43.0 Å². The topological polar surface area (TPSA) is 17.8 Å². The fourth-order valence-electron chi connectivity index (χ4n) is 5.97. The minimum atomic E-state index is 0.397. The van der Waals surface area contributed by atoms with Crippen LogP contribution in [0.1, 0.15) is 172 Å². The normalized spacial score (nSPS) is 13.2. The first-order chi connectivity index (χ1) is 17.8. The maximum atomic E-state index is 4.31. The molecular formula is C34H58N2. The minimum absolute atomic E-state index is 0.397. The zero-order valence-electron chi connectivity index (χ0n) is 24.2. The fraction of sp³-hybridized carbons (Fsp3) is 0.735. The Labute approximate surface area is 224 Å². The van der Waals surface area contributed by atoms with Crippen LogP contribution in [0.2, 0.25) is 0 Å². The van der Waals surface area contributed by atoms with Gasteiger partial charge in [-0.1, -0.05) is 154 Å². The smallest absolute Gasteiger partial charge is 0.0951 e. The molecule has 0 bridgehead atoms. The molecule has 2 nitrogen and oxygen atoms in total. The number of unbranched alkanes of at least 4 members (excludes halogenated alkanes) is 15. The number of hydrogen-bond acceptors (Lipinski definition) is 1. The molecule has 1 aromatic carbocycles. The molecule has 0 N–H and O–H groups in total. The maximum Gasteiger partial charge on any atom is 0.0951 e. The second-order valence-electron chi connectivity index (χ2n) is 11.1. The summed E-state index contributed by atoms with van der Waals surface area (Å²) in [7, 11) is 0. The highest BCUT2D eigenvalue weighted by atomic mass is 15.0. The Hall–Kier alpha value is -1.57. The molecule has 0 spiro atoms. The lowest BCUT2D eigenvalue weighted by Gasteiger charge is -2.25. The second kappa shape index (κ2) is 20.5. The summed E-state index contributed by atoms with van der Waals surface area (Å²) in [5.41, 5.74) is 3.09. The molecule has 0 aliphatic rings. The van der Waals surface area contributed by atoms with Crippen molar-refractivity contribution in [1.29, 1.82) is 0 Å².